The summed E-state index contributed by atoms with van der Waals surface area (Å²) in [5.41, 5.74) is 1.43. The quantitative estimate of drug-likeness (QED) is 0.864. The Labute approximate surface area is 126 Å². The lowest BCUT2D eigenvalue weighted by Gasteiger charge is -2.37. The number of halogens is 2. The van der Waals surface area contributed by atoms with Crippen LogP contribution in [0, 0.1) is 6.92 Å². The van der Waals surface area contributed by atoms with Crippen LogP contribution in [-0.2, 0) is 0 Å². The van der Waals surface area contributed by atoms with Gasteiger partial charge in [0.1, 0.15) is 5.69 Å². The van der Waals surface area contributed by atoms with Gasteiger partial charge in [-0.25, -0.2) is 4.98 Å². The monoisotopic (exact) mass is 305 g/mol. The molecule has 0 saturated carbocycles. The predicted molar refractivity (Wildman–Crippen MR) is 81.4 cm³/mol. The lowest BCUT2D eigenvalue weighted by molar-refractivity contribution is 0.0610. The van der Waals surface area contributed by atoms with Crippen molar-refractivity contribution in [1.82, 2.24) is 15.2 Å². The zero-order valence-corrected chi connectivity index (χ0v) is 13.1. The first-order chi connectivity index (χ1) is 8.08. The first-order valence-electron chi connectivity index (χ1n) is 6.06. The van der Waals surface area contributed by atoms with Crippen LogP contribution >= 0.6 is 24.8 Å². The molecule has 6 heteroatoms. The number of aromatic nitrogens is 1. The first-order valence-corrected chi connectivity index (χ1v) is 6.06. The van der Waals surface area contributed by atoms with E-state index in [1.54, 1.807) is 6.07 Å². The van der Waals surface area contributed by atoms with Gasteiger partial charge in [0.25, 0.3) is 5.91 Å². The van der Waals surface area contributed by atoms with Crippen molar-refractivity contribution in [1.29, 1.82) is 0 Å². The van der Waals surface area contributed by atoms with E-state index in [2.05, 4.69) is 24.1 Å². The molecule has 2 atom stereocenters. The molecule has 1 aliphatic rings. The lowest BCUT2D eigenvalue weighted by Crippen LogP contribution is -2.56. The molecule has 1 aromatic rings. The molecule has 0 aromatic carbocycles. The van der Waals surface area contributed by atoms with Gasteiger partial charge in [0.2, 0.25) is 0 Å². The molecule has 108 valence electrons. The second kappa shape index (κ2) is 7.68. The third kappa shape index (κ3) is 4.34. The number of piperazine rings is 1. The van der Waals surface area contributed by atoms with Crippen LogP contribution in [0.15, 0.2) is 18.2 Å². The number of hydrogen-bond donors (Lipinski definition) is 1. The van der Waals surface area contributed by atoms with Crippen LogP contribution in [-0.4, -0.2) is 41.0 Å². The van der Waals surface area contributed by atoms with Crippen LogP contribution in [0.5, 0.6) is 0 Å². The second-order valence-corrected chi connectivity index (χ2v) is 4.78. The van der Waals surface area contributed by atoms with Crippen molar-refractivity contribution < 1.29 is 4.79 Å². The van der Waals surface area contributed by atoms with Crippen molar-refractivity contribution in [2.24, 2.45) is 0 Å². The van der Waals surface area contributed by atoms with Crippen LogP contribution < -0.4 is 5.32 Å². The van der Waals surface area contributed by atoms with Crippen LogP contribution in [0.3, 0.4) is 0 Å². The zero-order valence-electron chi connectivity index (χ0n) is 11.4. The molecule has 2 rings (SSSR count). The fraction of sp³-hybridized carbons (Fsp3) is 0.538. The number of carbonyl (C=O) groups is 1. The first kappa shape index (κ1) is 18.2. The minimum absolute atomic E-state index is 0. The Morgan fingerprint density at radius 3 is 2.68 bits per heavy atom. The summed E-state index contributed by atoms with van der Waals surface area (Å²) in [6, 6.07) is 6.14. The standard InChI is InChI=1S/C13H19N3O.2ClH/c1-9-5-4-6-12(15-9)13(17)16-8-10(2)14-7-11(16)3;;/h4-6,10-11,14H,7-8H2,1-3H3;2*1H. The average molecular weight is 306 g/mol. The Balaban J connectivity index is 0.00000162. The summed E-state index contributed by atoms with van der Waals surface area (Å²) in [4.78, 5) is 18.5. The SMILES string of the molecule is Cc1cccc(C(=O)N2CC(C)NCC2C)n1.Cl.Cl. The number of hydrogen-bond acceptors (Lipinski definition) is 3. The number of rotatable bonds is 1. The highest BCUT2D eigenvalue weighted by atomic mass is 35.5. The van der Waals surface area contributed by atoms with E-state index in [1.165, 1.54) is 0 Å². The average Bonchev–Trinajstić information content (AvgIpc) is 2.31. The molecule has 1 amide bonds. The molecule has 2 heterocycles. The highest BCUT2D eigenvalue weighted by Gasteiger charge is 2.27. The van der Waals surface area contributed by atoms with Crippen molar-refractivity contribution in [3.05, 3.63) is 29.6 Å². The number of aryl methyl sites for hydroxylation is 1. The largest absolute Gasteiger partial charge is 0.332 e. The maximum absolute atomic E-state index is 12.3. The van der Waals surface area contributed by atoms with Gasteiger partial charge in [-0.15, -0.1) is 24.8 Å². The summed E-state index contributed by atoms with van der Waals surface area (Å²) in [6.07, 6.45) is 0. The van der Waals surface area contributed by atoms with E-state index in [0.29, 0.717) is 11.7 Å². The predicted octanol–water partition coefficient (Wildman–Crippen LogP) is 2.06. The Hall–Kier alpha value is -0.840. The fourth-order valence-electron chi connectivity index (χ4n) is 2.11. The number of nitrogens with one attached hydrogen (secondary N) is 1. The summed E-state index contributed by atoms with van der Waals surface area (Å²) >= 11 is 0. The molecular formula is C13H21Cl2N3O. The molecule has 1 saturated heterocycles. The van der Waals surface area contributed by atoms with E-state index < -0.39 is 0 Å². The maximum atomic E-state index is 12.3. The minimum Gasteiger partial charge on any atom is -0.332 e. The Bertz CT molecular complexity index is 428. The Morgan fingerprint density at radius 2 is 2.05 bits per heavy atom. The van der Waals surface area contributed by atoms with Gasteiger partial charge in [0.15, 0.2) is 0 Å². The highest BCUT2D eigenvalue weighted by molar-refractivity contribution is 5.92. The minimum atomic E-state index is 0. The molecular weight excluding hydrogens is 285 g/mol. The summed E-state index contributed by atoms with van der Waals surface area (Å²) in [6.45, 7) is 7.65. The molecule has 1 fully saturated rings. The maximum Gasteiger partial charge on any atom is 0.272 e. The number of pyridine rings is 1. The molecule has 0 bridgehead atoms. The van der Waals surface area contributed by atoms with E-state index in [0.717, 1.165) is 18.8 Å². The summed E-state index contributed by atoms with van der Waals surface area (Å²) in [5, 5.41) is 3.37. The molecule has 4 nitrogen and oxygen atoms in total. The van der Waals surface area contributed by atoms with Crippen LogP contribution in [0.1, 0.15) is 30.0 Å². The van der Waals surface area contributed by atoms with E-state index in [1.807, 2.05) is 24.0 Å². The van der Waals surface area contributed by atoms with Crippen molar-refractivity contribution in [3.8, 4) is 0 Å². The number of nitrogens with zero attached hydrogens (tertiary/aromatic N) is 2. The third-order valence-electron chi connectivity index (χ3n) is 3.13. The van der Waals surface area contributed by atoms with Crippen LogP contribution in [0.2, 0.25) is 0 Å². The van der Waals surface area contributed by atoms with Crippen molar-refractivity contribution in [2.45, 2.75) is 32.9 Å². The molecule has 1 aromatic heterocycles. The van der Waals surface area contributed by atoms with E-state index >= 15 is 0 Å². The third-order valence-corrected chi connectivity index (χ3v) is 3.13. The topological polar surface area (TPSA) is 45.2 Å². The van der Waals surface area contributed by atoms with Gasteiger partial charge in [-0.2, -0.15) is 0 Å². The van der Waals surface area contributed by atoms with Gasteiger partial charge < -0.3 is 10.2 Å². The van der Waals surface area contributed by atoms with Gasteiger partial charge in [-0.3, -0.25) is 4.79 Å². The lowest BCUT2D eigenvalue weighted by atomic mass is 10.1. The normalized spacial score (nSPS) is 22.2. The molecule has 1 aliphatic heterocycles. The van der Waals surface area contributed by atoms with E-state index in [-0.39, 0.29) is 36.8 Å². The number of amides is 1. The van der Waals surface area contributed by atoms with E-state index in [9.17, 15) is 4.79 Å². The molecule has 2 unspecified atom stereocenters. The van der Waals surface area contributed by atoms with Gasteiger partial charge in [-0.1, -0.05) is 6.07 Å². The van der Waals surface area contributed by atoms with Gasteiger partial charge in [0.05, 0.1) is 0 Å². The molecule has 19 heavy (non-hydrogen) atoms. The van der Waals surface area contributed by atoms with Crippen molar-refractivity contribution in [2.75, 3.05) is 13.1 Å². The Kier molecular flexibility index (Phi) is 7.34. The van der Waals surface area contributed by atoms with Gasteiger partial charge in [-0.05, 0) is 32.9 Å². The summed E-state index contributed by atoms with van der Waals surface area (Å²) < 4.78 is 0. The molecule has 0 aliphatic carbocycles. The van der Waals surface area contributed by atoms with Crippen LogP contribution in [0.4, 0.5) is 0 Å². The number of carbonyl (C=O) groups excluding carboxylic acids is 1. The smallest absolute Gasteiger partial charge is 0.272 e. The second-order valence-electron chi connectivity index (χ2n) is 4.78. The van der Waals surface area contributed by atoms with Crippen molar-refractivity contribution >= 4 is 30.7 Å². The fourth-order valence-corrected chi connectivity index (χ4v) is 2.11. The summed E-state index contributed by atoms with van der Waals surface area (Å²) in [7, 11) is 0. The van der Waals surface area contributed by atoms with Gasteiger partial charge in [0, 0.05) is 30.9 Å². The highest BCUT2D eigenvalue weighted by Crippen LogP contribution is 2.11. The molecule has 0 spiro atoms. The molecule has 1 N–H and O–H groups in total. The van der Waals surface area contributed by atoms with Crippen molar-refractivity contribution in [3.63, 3.8) is 0 Å². The van der Waals surface area contributed by atoms with E-state index in [4.69, 9.17) is 0 Å². The molecule has 0 radical (unpaired) electrons. The summed E-state index contributed by atoms with van der Waals surface area (Å²) in [5.74, 6) is 0.0366. The van der Waals surface area contributed by atoms with Gasteiger partial charge >= 0.3 is 0 Å². The Morgan fingerprint density at radius 1 is 1.37 bits per heavy atom. The zero-order chi connectivity index (χ0) is 12.4. The van der Waals surface area contributed by atoms with Crippen LogP contribution in [0.25, 0.3) is 0 Å².